The van der Waals surface area contributed by atoms with Crippen LogP contribution in [-0.4, -0.2) is 5.78 Å². The maximum Gasteiger partial charge on any atom is 0.133 e. The van der Waals surface area contributed by atoms with Crippen LogP contribution >= 0.6 is 0 Å². The minimum Gasteiger partial charge on any atom is -0.300 e. The van der Waals surface area contributed by atoms with E-state index < -0.39 is 0 Å². The van der Waals surface area contributed by atoms with Crippen LogP contribution in [0.3, 0.4) is 0 Å². The highest BCUT2D eigenvalue weighted by Gasteiger charge is 2.04. The molecule has 1 heteroatoms. The van der Waals surface area contributed by atoms with Gasteiger partial charge in [-0.15, -0.1) is 0 Å². The lowest BCUT2D eigenvalue weighted by molar-refractivity contribution is -0.119. The molecule has 2 aromatic rings. The highest BCUT2D eigenvalue weighted by atomic mass is 16.1. The Hall–Kier alpha value is -1.89. The topological polar surface area (TPSA) is 17.1 Å². The molecular formula is C21H26O. The van der Waals surface area contributed by atoms with E-state index in [1.54, 1.807) is 0 Å². The Morgan fingerprint density at radius 1 is 0.636 bits per heavy atom. The molecule has 0 unspecified atom stereocenters. The van der Waals surface area contributed by atoms with Crippen molar-refractivity contribution in [1.82, 2.24) is 0 Å². The van der Waals surface area contributed by atoms with Gasteiger partial charge in [0.1, 0.15) is 5.78 Å². The summed E-state index contributed by atoms with van der Waals surface area (Å²) >= 11 is 0. The van der Waals surface area contributed by atoms with Crippen LogP contribution in [0.25, 0.3) is 0 Å². The average molecular weight is 294 g/mol. The van der Waals surface area contributed by atoms with Gasteiger partial charge in [0.15, 0.2) is 0 Å². The fraction of sp³-hybridized carbons (Fsp3) is 0.381. The molecule has 2 aromatic carbocycles. The molecular weight excluding hydrogens is 268 g/mol. The van der Waals surface area contributed by atoms with Gasteiger partial charge in [0, 0.05) is 12.8 Å². The molecule has 0 saturated heterocycles. The van der Waals surface area contributed by atoms with E-state index in [1.807, 2.05) is 0 Å². The minimum absolute atomic E-state index is 0.360. The van der Waals surface area contributed by atoms with E-state index in [0.29, 0.717) is 18.6 Å². The monoisotopic (exact) mass is 294 g/mol. The smallest absolute Gasteiger partial charge is 0.133 e. The average Bonchev–Trinajstić information content (AvgIpc) is 2.59. The molecule has 0 atom stereocenters. The molecule has 0 aliphatic carbocycles. The Balaban J connectivity index is 1.74. The third-order valence-electron chi connectivity index (χ3n) is 4.25. The highest BCUT2D eigenvalue weighted by molar-refractivity contribution is 5.78. The first-order valence-corrected chi connectivity index (χ1v) is 8.38. The van der Waals surface area contributed by atoms with Crippen LogP contribution < -0.4 is 0 Å². The van der Waals surface area contributed by atoms with Crippen molar-refractivity contribution in [3.63, 3.8) is 0 Å². The van der Waals surface area contributed by atoms with Crippen LogP contribution in [0.5, 0.6) is 0 Å². The molecule has 22 heavy (non-hydrogen) atoms. The SMILES string of the molecule is CCc1ccc(CCC(=O)CCc2ccc(CC)cc2)cc1. The number of benzene rings is 2. The number of hydrogen-bond donors (Lipinski definition) is 0. The van der Waals surface area contributed by atoms with Gasteiger partial charge in [-0.1, -0.05) is 62.4 Å². The quantitative estimate of drug-likeness (QED) is 0.673. The second-order valence-electron chi connectivity index (χ2n) is 5.88. The molecule has 2 rings (SSSR count). The van der Waals surface area contributed by atoms with Gasteiger partial charge in [-0.2, -0.15) is 0 Å². The predicted octanol–water partition coefficient (Wildman–Crippen LogP) is 4.95. The van der Waals surface area contributed by atoms with Gasteiger partial charge in [0.2, 0.25) is 0 Å². The van der Waals surface area contributed by atoms with Gasteiger partial charge in [-0.25, -0.2) is 0 Å². The molecule has 0 aliphatic heterocycles. The number of aryl methyl sites for hydroxylation is 4. The second-order valence-corrected chi connectivity index (χ2v) is 5.88. The normalized spacial score (nSPS) is 10.6. The molecule has 0 amide bonds. The molecule has 0 spiro atoms. The number of hydrogen-bond acceptors (Lipinski definition) is 1. The third kappa shape index (κ3) is 5.14. The van der Waals surface area contributed by atoms with Crippen LogP contribution in [0, 0.1) is 0 Å². The lowest BCUT2D eigenvalue weighted by Gasteiger charge is -2.04. The van der Waals surface area contributed by atoms with Crippen molar-refractivity contribution in [2.24, 2.45) is 0 Å². The van der Waals surface area contributed by atoms with Crippen molar-refractivity contribution >= 4 is 5.78 Å². The van der Waals surface area contributed by atoms with Crippen LogP contribution in [0.2, 0.25) is 0 Å². The highest BCUT2D eigenvalue weighted by Crippen LogP contribution is 2.11. The van der Waals surface area contributed by atoms with Gasteiger partial charge in [-0.3, -0.25) is 4.79 Å². The van der Waals surface area contributed by atoms with Crippen molar-refractivity contribution in [2.45, 2.75) is 52.4 Å². The van der Waals surface area contributed by atoms with E-state index in [0.717, 1.165) is 25.7 Å². The molecule has 0 heterocycles. The number of carbonyl (C=O) groups excluding carboxylic acids is 1. The van der Waals surface area contributed by atoms with Crippen LogP contribution in [0.1, 0.15) is 48.9 Å². The predicted molar refractivity (Wildman–Crippen MR) is 93.3 cm³/mol. The summed E-state index contributed by atoms with van der Waals surface area (Å²) in [5.41, 5.74) is 5.23. The summed E-state index contributed by atoms with van der Waals surface area (Å²) in [6, 6.07) is 17.2. The van der Waals surface area contributed by atoms with Gasteiger partial charge in [-0.05, 0) is 47.9 Å². The first-order chi connectivity index (χ1) is 10.7. The van der Waals surface area contributed by atoms with Crippen molar-refractivity contribution in [3.05, 3.63) is 70.8 Å². The van der Waals surface area contributed by atoms with E-state index in [9.17, 15) is 4.79 Å². The Morgan fingerprint density at radius 2 is 0.955 bits per heavy atom. The minimum atomic E-state index is 0.360. The number of carbonyl (C=O) groups is 1. The van der Waals surface area contributed by atoms with Gasteiger partial charge in [0.05, 0.1) is 0 Å². The first-order valence-electron chi connectivity index (χ1n) is 8.38. The molecule has 116 valence electrons. The van der Waals surface area contributed by atoms with Gasteiger partial charge < -0.3 is 0 Å². The molecule has 0 N–H and O–H groups in total. The Kier molecular flexibility index (Phi) is 6.39. The molecule has 1 nitrogen and oxygen atoms in total. The second kappa shape index (κ2) is 8.53. The van der Waals surface area contributed by atoms with Crippen LogP contribution in [0.4, 0.5) is 0 Å². The zero-order chi connectivity index (χ0) is 15.8. The van der Waals surface area contributed by atoms with E-state index in [1.165, 1.54) is 22.3 Å². The third-order valence-corrected chi connectivity index (χ3v) is 4.25. The Bertz CT molecular complexity index is 525. The zero-order valence-corrected chi connectivity index (χ0v) is 13.8. The maximum atomic E-state index is 12.0. The van der Waals surface area contributed by atoms with E-state index in [4.69, 9.17) is 0 Å². The van der Waals surface area contributed by atoms with Gasteiger partial charge >= 0.3 is 0 Å². The summed E-state index contributed by atoms with van der Waals surface area (Å²) in [5.74, 6) is 0.360. The van der Waals surface area contributed by atoms with Crippen molar-refractivity contribution in [1.29, 1.82) is 0 Å². The molecule has 0 radical (unpaired) electrons. The number of Topliss-reactive ketones (excluding diaryl/α,β-unsaturated/α-hetero) is 1. The summed E-state index contributed by atoms with van der Waals surface area (Å²) < 4.78 is 0. The van der Waals surface area contributed by atoms with Crippen molar-refractivity contribution in [3.8, 4) is 0 Å². The maximum absolute atomic E-state index is 12.0. The van der Waals surface area contributed by atoms with E-state index in [-0.39, 0.29) is 0 Å². The molecule has 0 fully saturated rings. The fourth-order valence-electron chi connectivity index (χ4n) is 2.58. The lowest BCUT2D eigenvalue weighted by atomic mass is 10.0. The Labute approximate surface area is 134 Å². The first kappa shape index (κ1) is 16.5. The number of ketones is 1. The summed E-state index contributed by atoms with van der Waals surface area (Å²) in [6.07, 6.45) is 5.15. The lowest BCUT2D eigenvalue weighted by Crippen LogP contribution is -2.02. The van der Waals surface area contributed by atoms with Crippen LogP contribution in [-0.2, 0) is 30.5 Å². The molecule has 0 aliphatic rings. The van der Waals surface area contributed by atoms with Crippen molar-refractivity contribution < 1.29 is 4.79 Å². The largest absolute Gasteiger partial charge is 0.300 e. The van der Waals surface area contributed by atoms with Crippen LogP contribution in [0.15, 0.2) is 48.5 Å². The summed E-state index contributed by atoms with van der Waals surface area (Å²) in [7, 11) is 0. The molecule has 0 aromatic heterocycles. The number of rotatable bonds is 8. The van der Waals surface area contributed by atoms with Crippen molar-refractivity contribution in [2.75, 3.05) is 0 Å². The summed E-state index contributed by atoms with van der Waals surface area (Å²) in [4.78, 5) is 12.0. The molecule has 0 bridgehead atoms. The molecule has 0 saturated carbocycles. The van der Waals surface area contributed by atoms with E-state index in [2.05, 4.69) is 62.4 Å². The standard InChI is InChI=1S/C21H26O/c1-3-17-5-9-19(10-6-17)13-15-21(22)16-14-20-11-7-18(4-2)8-12-20/h5-12H,3-4,13-16H2,1-2H3. The zero-order valence-electron chi connectivity index (χ0n) is 13.8. The summed E-state index contributed by atoms with van der Waals surface area (Å²) in [6.45, 7) is 4.32. The Morgan fingerprint density at radius 3 is 1.27 bits per heavy atom. The van der Waals surface area contributed by atoms with E-state index >= 15 is 0 Å². The fourth-order valence-corrected chi connectivity index (χ4v) is 2.58. The van der Waals surface area contributed by atoms with Gasteiger partial charge in [0.25, 0.3) is 0 Å². The summed E-state index contributed by atoms with van der Waals surface area (Å²) in [5, 5.41) is 0.